The molecule has 2 aromatic carbocycles. The summed E-state index contributed by atoms with van der Waals surface area (Å²) in [6, 6.07) is 12.2. The highest BCUT2D eigenvalue weighted by Crippen LogP contribution is 2.13. The first-order chi connectivity index (χ1) is 10.1. The van der Waals surface area contributed by atoms with E-state index in [1.165, 1.54) is 18.2 Å². The van der Waals surface area contributed by atoms with Crippen LogP contribution in [0.2, 0.25) is 0 Å². The van der Waals surface area contributed by atoms with Crippen LogP contribution in [0.5, 0.6) is 0 Å². The Morgan fingerprint density at radius 1 is 1.00 bits per heavy atom. The Kier molecular flexibility index (Phi) is 4.66. The molecule has 0 heterocycles. The van der Waals surface area contributed by atoms with Crippen LogP contribution in [0, 0.1) is 5.82 Å². The van der Waals surface area contributed by atoms with Crippen molar-refractivity contribution in [3.63, 3.8) is 0 Å². The maximum absolute atomic E-state index is 13.5. The monoisotopic (exact) mass is 286 g/mol. The summed E-state index contributed by atoms with van der Waals surface area (Å²) in [6.45, 7) is 2.38. The molecule has 4 nitrogen and oxygen atoms in total. The van der Waals surface area contributed by atoms with Gasteiger partial charge < -0.3 is 10.6 Å². The number of nitrogens with one attached hydrogen (secondary N) is 2. The highest BCUT2D eigenvalue weighted by atomic mass is 19.1. The Hall–Kier alpha value is -2.69. The van der Waals surface area contributed by atoms with Gasteiger partial charge in [0.1, 0.15) is 5.82 Å². The summed E-state index contributed by atoms with van der Waals surface area (Å²) >= 11 is 0. The van der Waals surface area contributed by atoms with Gasteiger partial charge in [0.05, 0.1) is 5.56 Å². The Labute approximate surface area is 122 Å². The predicted molar refractivity (Wildman–Crippen MR) is 78.8 cm³/mol. The molecule has 0 unspecified atom stereocenters. The Bertz CT molecular complexity index is 654. The number of anilines is 1. The summed E-state index contributed by atoms with van der Waals surface area (Å²) in [7, 11) is 0. The van der Waals surface area contributed by atoms with E-state index >= 15 is 0 Å². The number of carbonyl (C=O) groups is 2. The minimum Gasteiger partial charge on any atom is -0.352 e. The third-order valence-electron chi connectivity index (χ3n) is 2.86. The summed E-state index contributed by atoms with van der Waals surface area (Å²) < 4.78 is 13.5. The number of benzene rings is 2. The maximum atomic E-state index is 13.5. The molecule has 0 saturated carbocycles. The lowest BCUT2D eigenvalue weighted by molar-refractivity contribution is 0.0955. The Morgan fingerprint density at radius 2 is 1.67 bits per heavy atom. The molecule has 2 amide bonds. The van der Waals surface area contributed by atoms with E-state index in [0.29, 0.717) is 17.8 Å². The number of hydrogen-bond acceptors (Lipinski definition) is 2. The first kappa shape index (κ1) is 14.7. The minimum absolute atomic E-state index is 0.0229. The molecule has 5 heteroatoms. The van der Waals surface area contributed by atoms with Crippen molar-refractivity contribution in [2.24, 2.45) is 0 Å². The third-order valence-corrected chi connectivity index (χ3v) is 2.86. The maximum Gasteiger partial charge on any atom is 0.258 e. The lowest BCUT2D eigenvalue weighted by Crippen LogP contribution is -2.22. The zero-order chi connectivity index (χ0) is 15.2. The van der Waals surface area contributed by atoms with Crippen molar-refractivity contribution in [1.29, 1.82) is 0 Å². The second kappa shape index (κ2) is 6.65. The molecule has 0 aliphatic heterocycles. The largest absolute Gasteiger partial charge is 0.352 e. The van der Waals surface area contributed by atoms with Crippen LogP contribution in [0.3, 0.4) is 0 Å². The smallest absolute Gasteiger partial charge is 0.258 e. The van der Waals surface area contributed by atoms with Crippen LogP contribution in [0.25, 0.3) is 0 Å². The van der Waals surface area contributed by atoms with E-state index in [-0.39, 0.29) is 11.5 Å². The van der Waals surface area contributed by atoms with Crippen LogP contribution in [0.4, 0.5) is 10.1 Å². The molecule has 0 spiro atoms. The summed E-state index contributed by atoms with van der Waals surface area (Å²) in [5.74, 6) is -1.28. The van der Waals surface area contributed by atoms with Crippen molar-refractivity contribution in [1.82, 2.24) is 5.32 Å². The number of rotatable bonds is 4. The van der Waals surface area contributed by atoms with Crippen LogP contribution < -0.4 is 10.6 Å². The highest BCUT2D eigenvalue weighted by molar-refractivity contribution is 6.04. The molecular formula is C16H15FN2O2. The summed E-state index contributed by atoms with van der Waals surface area (Å²) in [5, 5.41) is 5.27. The Balaban J connectivity index is 2.09. The first-order valence-electron chi connectivity index (χ1n) is 6.56. The van der Waals surface area contributed by atoms with E-state index in [4.69, 9.17) is 0 Å². The fourth-order valence-electron chi connectivity index (χ4n) is 1.81. The van der Waals surface area contributed by atoms with Gasteiger partial charge in [0, 0.05) is 17.8 Å². The molecule has 0 aliphatic rings. The van der Waals surface area contributed by atoms with Crippen molar-refractivity contribution in [2.75, 3.05) is 11.9 Å². The van der Waals surface area contributed by atoms with Crippen molar-refractivity contribution >= 4 is 17.5 Å². The second-order valence-corrected chi connectivity index (χ2v) is 4.37. The number of hydrogen-bond donors (Lipinski definition) is 2. The molecule has 0 saturated heterocycles. The lowest BCUT2D eigenvalue weighted by atomic mass is 10.1. The standard InChI is InChI=1S/C16H15FN2O2/c1-2-18-15(20)11-7-9-12(10-8-11)19-16(21)13-5-3-4-6-14(13)17/h3-10H,2H2,1H3,(H,18,20)(H,19,21). The zero-order valence-electron chi connectivity index (χ0n) is 11.5. The molecule has 0 radical (unpaired) electrons. The van der Waals surface area contributed by atoms with E-state index in [1.807, 2.05) is 6.92 Å². The Morgan fingerprint density at radius 3 is 2.29 bits per heavy atom. The van der Waals surface area contributed by atoms with Crippen molar-refractivity contribution in [3.05, 3.63) is 65.5 Å². The molecule has 2 rings (SSSR count). The quantitative estimate of drug-likeness (QED) is 0.908. The topological polar surface area (TPSA) is 58.2 Å². The third kappa shape index (κ3) is 3.66. The van der Waals surface area contributed by atoms with Crippen molar-refractivity contribution in [2.45, 2.75) is 6.92 Å². The molecule has 2 N–H and O–H groups in total. The van der Waals surface area contributed by atoms with Gasteiger partial charge >= 0.3 is 0 Å². The second-order valence-electron chi connectivity index (χ2n) is 4.37. The summed E-state index contributed by atoms with van der Waals surface area (Å²) in [5.41, 5.74) is 0.974. The average Bonchev–Trinajstić information content (AvgIpc) is 2.48. The van der Waals surface area contributed by atoms with E-state index < -0.39 is 11.7 Å². The van der Waals surface area contributed by atoms with E-state index in [0.717, 1.165) is 0 Å². The van der Waals surface area contributed by atoms with Gasteiger partial charge in [-0.15, -0.1) is 0 Å². The molecule has 0 aromatic heterocycles. The van der Waals surface area contributed by atoms with Crippen LogP contribution in [0.1, 0.15) is 27.6 Å². The van der Waals surface area contributed by atoms with Gasteiger partial charge in [-0.05, 0) is 43.3 Å². The van der Waals surface area contributed by atoms with Crippen LogP contribution in [-0.4, -0.2) is 18.4 Å². The van der Waals surface area contributed by atoms with Crippen LogP contribution in [0.15, 0.2) is 48.5 Å². The SMILES string of the molecule is CCNC(=O)c1ccc(NC(=O)c2ccccc2F)cc1. The van der Waals surface area contributed by atoms with Gasteiger partial charge in [0.25, 0.3) is 11.8 Å². The molecule has 0 atom stereocenters. The molecule has 21 heavy (non-hydrogen) atoms. The van der Waals surface area contributed by atoms with Gasteiger partial charge in [0.2, 0.25) is 0 Å². The van der Waals surface area contributed by atoms with Gasteiger partial charge in [-0.2, -0.15) is 0 Å². The fourth-order valence-corrected chi connectivity index (χ4v) is 1.81. The number of halogens is 1. The van der Waals surface area contributed by atoms with Crippen LogP contribution >= 0.6 is 0 Å². The molecule has 0 bridgehead atoms. The zero-order valence-corrected chi connectivity index (χ0v) is 11.5. The fraction of sp³-hybridized carbons (Fsp3) is 0.125. The molecule has 2 aromatic rings. The van der Waals surface area contributed by atoms with Gasteiger partial charge in [-0.25, -0.2) is 4.39 Å². The minimum atomic E-state index is -0.575. The van der Waals surface area contributed by atoms with Gasteiger partial charge in [0.15, 0.2) is 0 Å². The van der Waals surface area contributed by atoms with E-state index in [1.54, 1.807) is 30.3 Å². The van der Waals surface area contributed by atoms with E-state index in [2.05, 4.69) is 10.6 Å². The van der Waals surface area contributed by atoms with Gasteiger partial charge in [-0.3, -0.25) is 9.59 Å². The first-order valence-corrected chi connectivity index (χ1v) is 6.56. The average molecular weight is 286 g/mol. The lowest BCUT2D eigenvalue weighted by Gasteiger charge is -2.07. The molecular weight excluding hydrogens is 271 g/mol. The van der Waals surface area contributed by atoms with Crippen molar-refractivity contribution in [3.8, 4) is 0 Å². The predicted octanol–water partition coefficient (Wildman–Crippen LogP) is 2.83. The summed E-state index contributed by atoms with van der Waals surface area (Å²) in [4.78, 5) is 23.5. The molecule has 0 fully saturated rings. The number of amides is 2. The van der Waals surface area contributed by atoms with E-state index in [9.17, 15) is 14.0 Å². The van der Waals surface area contributed by atoms with Crippen molar-refractivity contribution < 1.29 is 14.0 Å². The highest BCUT2D eigenvalue weighted by Gasteiger charge is 2.11. The molecule has 0 aliphatic carbocycles. The van der Waals surface area contributed by atoms with Gasteiger partial charge in [-0.1, -0.05) is 12.1 Å². The molecule has 108 valence electrons. The normalized spacial score (nSPS) is 10.0. The number of carbonyl (C=O) groups excluding carboxylic acids is 2. The van der Waals surface area contributed by atoms with Crippen LogP contribution in [-0.2, 0) is 0 Å². The summed E-state index contributed by atoms with van der Waals surface area (Å²) in [6.07, 6.45) is 0.